The Kier molecular flexibility index (Phi) is 4.23. The first-order valence-corrected chi connectivity index (χ1v) is 5.11. The molecule has 1 atom stereocenters. The lowest BCUT2D eigenvalue weighted by Gasteiger charge is -2.10. The second-order valence-electron chi connectivity index (χ2n) is 3.06. The highest BCUT2D eigenvalue weighted by Crippen LogP contribution is 2.21. The van der Waals surface area contributed by atoms with Crippen LogP contribution in [0, 0.1) is 5.82 Å². The van der Waals surface area contributed by atoms with E-state index >= 15 is 0 Å². The lowest BCUT2D eigenvalue weighted by Crippen LogP contribution is -2.16. The Morgan fingerprint density at radius 3 is 2.87 bits per heavy atom. The number of hydrogen-bond donors (Lipinski definition) is 1. The molecule has 1 aromatic carbocycles. The van der Waals surface area contributed by atoms with E-state index in [0.717, 1.165) is 0 Å². The van der Waals surface area contributed by atoms with Gasteiger partial charge >= 0.3 is 5.97 Å². The van der Waals surface area contributed by atoms with Crippen molar-refractivity contribution >= 4 is 21.9 Å². The quantitative estimate of drug-likeness (QED) is 0.860. The summed E-state index contributed by atoms with van der Waals surface area (Å²) in [5.41, 5.74) is 6.28. The Morgan fingerprint density at radius 2 is 2.33 bits per heavy atom. The van der Waals surface area contributed by atoms with Gasteiger partial charge in [-0.25, -0.2) is 4.39 Å². The van der Waals surface area contributed by atoms with Crippen LogP contribution < -0.4 is 5.73 Å². The van der Waals surface area contributed by atoms with Crippen LogP contribution in [-0.2, 0) is 9.53 Å². The third kappa shape index (κ3) is 3.28. The lowest BCUT2D eigenvalue weighted by molar-refractivity contribution is -0.141. The topological polar surface area (TPSA) is 52.3 Å². The van der Waals surface area contributed by atoms with Crippen LogP contribution in [0.4, 0.5) is 4.39 Å². The van der Waals surface area contributed by atoms with Crippen LogP contribution >= 0.6 is 15.9 Å². The van der Waals surface area contributed by atoms with Crippen LogP contribution in [0.1, 0.15) is 18.0 Å². The summed E-state index contributed by atoms with van der Waals surface area (Å²) in [5.74, 6) is -0.807. The number of hydrogen-bond acceptors (Lipinski definition) is 3. The Labute approximate surface area is 95.5 Å². The van der Waals surface area contributed by atoms with Gasteiger partial charge in [-0.15, -0.1) is 0 Å². The Bertz CT molecular complexity index is 370. The van der Waals surface area contributed by atoms with E-state index in [1.54, 1.807) is 12.1 Å². The third-order valence-electron chi connectivity index (χ3n) is 1.99. The minimum Gasteiger partial charge on any atom is -0.469 e. The summed E-state index contributed by atoms with van der Waals surface area (Å²) in [7, 11) is 1.29. The molecule has 0 aliphatic rings. The average molecular weight is 276 g/mol. The molecule has 0 radical (unpaired) electrons. The number of halogens is 2. The average Bonchev–Trinajstić information content (AvgIpc) is 2.21. The van der Waals surface area contributed by atoms with Gasteiger partial charge in [0.1, 0.15) is 5.82 Å². The van der Waals surface area contributed by atoms with E-state index < -0.39 is 17.8 Å². The number of ether oxygens (including phenoxy) is 1. The van der Waals surface area contributed by atoms with Gasteiger partial charge in [0.15, 0.2) is 0 Å². The van der Waals surface area contributed by atoms with E-state index in [1.807, 2.05) is 0 Å². The van der Waals surface area contributed by atoms with Crippen LogP contribution in [-0.4, -0.2) is 13.1 Å². The van der Waals surface area contributed by atoms with Gasteiger partial charge in [0.05, 0.1) is 18.0 Å². The first kappa shape index (κ1) is 12.1. The summed E-state index contributed by atoms with van der Waals surface area (Å²) in [6, 6.07) is 3.99. The molecule has 0 aliphatic heterocycles. The van der Waals surface area contributed by atoms with E-state index in [-0.39, 0.29) is 6.42 Å². The predicted molar refractivity (Wildman–Crippen MR) is 57.7 cm³/mol. The van der Waals surface area contributed by atoms with Crippen LogP contribution in [0.25, 0.3) is 0 Å². The monoisotopic (exact) mass is 275 g/mol. The summed E-state index contributed by atoms with van der Waals surface area (Å²) in [5, 5.41) is 0. The number of nitrogens with two attached hydrogens (primary N) is 1. The Balaban J connectivity index is 2.78. The fraction of sp³-hybridized carbons (Fsp3) is 0.300. The lowest BCUT2D eigenvalue weighted by atomic mass is 10.1. The van der Waals surface area contributed by atoms with Gasteiger partial charge in [-0.1, -0.05) is 6.07 Å². The normalized spacial score (nSPS) is 12.3. The molecule has 5 heteroatoms. The standard InChI is InChI=1S/C10H11BrFNO2/c1-15-10(14)5-9(13)6-2-3-7(11)8(12)4-6/h2-4,9H,5,13H2,1H3/t9-/m0/s1. The van der Waals surface area contributed by atoms with Crippen molar-refractivity contribution in [2.75, 3.05) is 7.11 Å². The molecule has 2 N–H and O–H groups in total. The molecule has 0 bridgehead atoms. The maximum Gasteiger partial charge on any atom is 0.307 e. The molecule has 0 saturated heterocycles. The molecule has 3 nitrogen and oxygen atoms in total. The highest BCUT2D eigenvalue weighted by Gasteiger charge is 2.13. The SMILES string of the molecule is COC(=O)C[C@H](N)c1ccc(Br)c(F)c1. The zero-order valence-electron chi connectivity index (χ0n) is 8.17. The fourth-order valence-electron chi connectivity index (χ4n) is 1.12. The summed E-state index contributed by atoms with van der Waals surface area (Å²) in [6.45, 7) is 0. The van der Waals surface area contributed by atoms with Crippen LogP contribution in [0.5, 0.6) is 0 Å². The van der Waals surface area contributed by atoms with Crippen molar-refractivity contribution in [3.63, 3.8) is 0 Å². The maximum absolute atomic E-state index is 13.1. The minimum absolute atomic E-state index is 0.0393. The summed E-state index contributed by atoms with van der Waals surface area (Å²) in [4.78, 5) is 10.9. The highest BCUT2D eigenvalue weighted by molar-refractivity contribution is 9.10. The highest BCUT2D eigenvalue weighted by atomic mass is 79.9. The Hall–Kier alpha value is -0.940. The van der Waals surface area contributed by atoms with Crippen molar-refractivity contribution in [2.45, 2.75) is 12.5 Å². The molecule has 0 spiro atoms. The number of carbonyl (C=O) groups is 1. The van der Waals surface area contributed by atoms with Crippen molar-refractivity contribution in [2.24, 2.45) is 5.73 Å². The molecular weight excluding hydrogens is 265 g/mol. The fourth-order valence-corrected chi connectivity index (χ4v) is 1.37. The van der Waals surface area contributed by atoms with Crippen molar-refractivity contribution in [3.05, 3.63) is 34.1 Å². The van der Waals surface area contributed by atoms with Gasteiger partial charge in [-0.3, -0.25) is 4.79 Å². The largest absolute Gasteiger partial charge is 0.469 e. The molecule has 0 heterocycles. The van der Waals surface area contributed by atoms with Crippen molar-refractivity contribution in [1.29, 1.82) is 0 Å². The Morgan fingerprint density at radius 1 is 1.67 bits per heavy atom. The van der Waals surface area contributed by atoms with Gasteiger partial charge in [0, 0.05) is 6.04 Å². The minimum atomic E-state index is -0.542. The maximum atomic E-state index is 13.1. The second kappa shape index (κ2) is 5.23. The number of methoxy groups -OCH3 is 1. The van der Waals surface area contributed by atoms with E-state index in [0.29, 0.717) is 10.0 Å². The van der Waals surface area contributed by atoms with E-state index in [4.69, 9.17) is 5.73 Å². The predicted octanol–water partition coefficient (Wildman–Crippen LogP) is 2.15. The van der Waals surface area contributed by atoms with Gasteiger partial charge < -0.3 is 10.5 Å². The molecule has 0 fully saturated rings. The van der Waals surface area contributed by atoms with E-state index in [9.17, 15) is 9.18 Å². The summed E-state index contributed by atoms with van der Waals surface area (Å²) >= 11 is 3.04. The first-order chi connectivity index (χ1) is 7.04. The third-order valence-corrected chi connectivity index (χ3v) is 2.63. The smallest absolute Gasteiger partial charge is 0.307 e. The number of carbonyl (C=O) groups excluding carboxylic acids is 1. The van der Waals surface area contributed by atoms with Gasteiger partial charge in [0.25, 0.3) is 0 Å². The molecule has 15 heavy (non-hydrogen) atoms. The number of benzene rings is 1. The summed E-state index contributed by atoms with van der Waals surface area (Å²) < 4.78 is 18.0. The van der Waals surface area contributed by atoms with Gasteiger partial charge in [-0.2, -0.15) is 0 Å². The number of esters is 1. The summed E-state index contributed by atoms with van der Waals surface area (Å²) in [6.07, 6.45) is 0.0393. The van der Waals surface area contributed by atoms with Crippen LogP contribution in [0.3, 0.4) is 0 Å². The molecular formula is C10H11BrFNO2. The molecule has 0 amide bonds. The molecule has 0 aliphatic carbocycles. The molecule has 0 saturated carbocycles. The van der Waals surface area contributed by atoms with E-state index in [2.05, 4.69) is 20.7 Å². The van der Waals surface area contributed by atoms with Crippen molar-refractivity contribution in [1.82, 2.24) is 0 Å². The molecule has 1 aromatic rings. The molecule has 82 valence electrons. The van der Waals surface area contributed by atoms with Gasteiger partial charge in [-0.05, 0) is 33.6 Å². The molecule has 0 unspecified atom stereocenters. The molecule has 1 rings (SSSR count). The van der Waals surface area contributed by atoms with Crippen molar-refractivity contribution < 1.29 is 13.9 Å². The first-order valence-electron chi connectivity index (χ1n) is 4.32. The zero-order valence-corrected chi connectivity index (χ0v) is 9.75. The van der Waals surface area contributed by atoms with Gasteiger partial charge in [0.2, 0.25) is 0 Å². The van der Waals surface area contributed by atoms with Crippen molar-refractivity contribution in [3.8, 4) is 0 Å². The zero-order chi connectivity index (χ0) is 11.4. The molecule has 0 aromatic heterocycles. The van der Waals surface area contributed by atoms with Crippen LogP contribution in [0.2, 0.25) is 0 Å². The second-order valence-corrected chi connectivity index (χ2v) is 3.91. The van der Waals surface area contributed by atoms with Crippen LogP contribution in [0.15, 0.2) is 22.7 Å². The number of rotatable bonds is 3. The van der Waals surface area contributed by atoms with E-state index in [1.165, 1.54) is 13.2 Å².